The molecule has 2 aromatic carbocycles. The zero-order valence-corrected chi connectivity index (χ0v) is 16.5. The van der Waals surface area contributed by atoms with Crippen LogP contribution in [-0.2, 0) is 19.1 Å². The van der Waals surface area contributed by atoms with E-state index < -0.39 is 23.5 Å². The highest BCUT2D eigenvalue weighted by atomic mass is 16.6. The first-order valence-corrected chi connectivity index (χ1v) is 9.62. The molecule has 8 heteroatoms. The van der Waals surface area contributed by atoms with Crippen LogP contribution in [0, 0.1) is 0 Å². The predicted octanol–water partition coefficient (Wildman–Crippen LogP) is 1.69. The quantitative estimate of drug-likeness (QED) is 0.506. The lowest BCUT2D eigenvalue weighted by Crippen LogP contribution is -2.53. The van der Waals surface area contributed by atoms with E-state index in [1.807, 2.05) is 0 Å². The summed E-state index contributed by atoms with van der Waals surface area (Å²) in [4.78, 5) is 43.5. The van der Waals surface area contributed by atoms with E-state index >= 15 is 0 Å². The van der Waals surface area contributed by atoms with E-state index in [4.69, 9.17) is 9.47 Å². The predicted molar refractivity (Wildman–Crippen MR) is 107 cm³/mol. The fourth-order valence-corrected chi connectivity index (χ4v) is 3.86. The van der Waals surface area contributed by atoms with Crippen LogP contribution in [0.1, 0.15) is 31.2 Å². The van der Waals surface area contributed by atoms with E-state index in [0.29, 0.717) is 22.2 Å². The topological polar surface area (TPSA) is 108 Å². The molecule has 0 amide bonds. The van der Waals surface area contributed by atoms with Gasteiger partial charge in [-0.05, 0) is 37.6 Å². The zero-order valence-electron chi connectivity index (χ0n) is 16.5. The van der Waals surface area contributed by atoms with Gasteiger partial charge < -0.3 is 14.6 Å². The molecule has 1 atom stereocenters. The number of para-hydroxylation sites is 2. The Morgan fingerprint density at radius 2 is 1.63 bits per heavy atom. The van der Waals surface area contributed by atoms with Crippen LogP contribution >= 0.6 is 0 Å². The van der Waals surface area contributed by atoms with Crippen molar-refractivity contribution in [2.45, 2.75) is 25.4 Å². The maximum absolute atomic E-state index is 13.3. The molecule has 3 aromatic rings. The fourth-order valence-electron chi connectivity index (χ4n) is 3.86. The Morgan fingerprint density at radius 1 is 1.03 bits per heavy atom. The van der Waals surface area contributed by atoms with E-state index in [9.17, 15) is 19.5 Å². The van der Waals surface area contributed by atoms with Gasteiger partial charge in [-0.15, -0.1) is 0 Å². The van der Waals surface area contributed by atoms with Gasteiger partial charge in [-0.1, -0.05) is 30.3 Å². The molecule has 30 heavy (non-hydrogen) atoms. The van der Waals surface area contributed by atoms with Crippen molar-refractivity contribution in [3.8, 4) is 5.69 Å². The number of rotatable bonds is 5. The molecule has 8 nitrogen and oxygen atoms in total. The highest BCUT2D eigenvalue weighted by molar-refractivity contribution is 6.05. The number of aromatic nitrogens is 2. The Labute approximate surface area is 171 Å². The smallest absolute Gasteiger partial charge is 0.351 e. The SMILES string of the molecule is CCOC(=O)C(O)(C(=O)OCC)C1c2ccccc2-n2c1nc1ccccc1c2=O. The maximum atomic E-state index is 13.3. The average molecular weight is 408 g/mol. The number of benzene rings is 2. The molecule has 0 fully saturated rings. The largest absolute Gasteiger partial charge is 0.463 e. The number of carbonyl (C=O) groups is 2. The minimum Gasteiger partial charge on any atom is -0.463 e. The van der Waals surface area contributed by atoms with Crippen LogP contribution in [0.4, 0.5) is 0 Å². The normalized spacial score (nSPS) is 14.8. The first-order valence-electron chi connectivity index (χ1n) is 9.62. The van der Waals surface area contributed by atoms with Crippen LogP contribution in [0.15, 0.2) is 53.3 Å². The number of aliphatic hydroxyl groups is 1. The lowest BCUT2D eigenvalue weighted by atomic mass is 9.82. The third kappa shape index (κ3) is 2.72. The van der Waals surface area contributed by atoms with Crippen LogP contribution in [-0.4, -0.2) is 45.4 Å². The first kappa shape index (κ1) is 19.8. The summed E-state index contributed by atoms with van der Waals surface area (Å²) >= 11 is 0. The second-order valence-corrected chi connectivity index (χ2v) is 6.83. The van der Waals surface area contributed by atoms with Crippen molar-refractivity contribution in [1.82, 2.24) is 9.55 Å². The van der Waals surface area contributed by atoms with Gasteiger partial charge in [0.1, 0.15) is 5.82 Å². The summed E-state index contributed by atoms with van der Waals surface area (Å²) in [7, 11) is 0. The summed E-state index contributed by atoms with van der Waals surface area (Å²) < 4.78 is 11.4. The van der Waals surface area contributed by atoms with Gasteiger partial charge in [0, 0.05) is 0 Å². The Balaban J connectivity index is 2.06. The summed E-state index contributed by atoms with van der Waals surface area (Å²) in [5, 5.41) is 11.8. The zero-order chi connectivity index (χ0) is 21.5. The number of hydrogen-bond acceptors (Lipinski definition) is 7. The third-order valence-corrected chi connectivity index (χ3v) is 5.14. The van der Waals surface area contributed by atoms with Gasteiger partial charge in [-0.2, -0.15) is 0 Å². The minimum absolute atomic E-state index is 0.0487. The number of carbonyl (C=O) groups excluding carboxylic acids is 2. The Bertz CT molecular complexity index is 1200. The summed E-state index contributed by atoms with van der Waals surface area (Å²) in [6.07, 6.45) is 0. The molecule has 0 spiro atoms. The van der Waals surface area contributed by atoms with Crippen molar-refractivity contribution in [1.29, 1.82) is 0 Å². The van der Waals surface area contributed by atoms with Crippen molar-refractivity contribution >= 4 is 22.8 Å². The third-order valence-electron chi connectivity index (χ3n) is 5.14. The van der Waals surface area contributed by atoms with Gasteiger partial charge in [-0.25, -0.2) is 14.6 Å². The molecule has 1 aliphatic heterocycles. The summed E-state index contributed by atoms with van der Waals surface area (Å²) in [6.45, 7) is 3.03. The number of fused-ring (bicyclic) bond motifs is 4. The van der Waals surface area contributed by atoms with Crippen molar-refractivity contribution < 1.29 is 24.2 Å². The molecule has 0 aliphatic carbocycles. The Kier molecular flexibility index (Phi) is 4.87. The number of esters is 2. The molecule has 0 saturated heterocycles. The van der Waals surface area contributed by atoms with E-state index in [2.05, 4.69) is 4.98 Å². The highest BCUT2D eigenvalue weighted by Gasteiger charge is 2.59. The van der Waals surface area contributed by atoms with Gasteiger partial charge in [0.25, 0.3) is 11.2 Å². The Hall–Kier alpha value is -3.52. The van der Waals surface area contributed by atoms with Crippen LogP contribution < -0.4 is 5.56 Å². The molecule has 4 rings (SSSR count). The highest BCUT2D eigenvalue weighted by Crippen LogP contribution is 2.44. The van der Waals surface area contributed by atoms with Gasteiger partial charge in [-0.3, -0.25) is 9.36 Å². The molecular formula is C22H20N2O6. The van der Waals surface area contributed by atoms with E-state index in [0.717, 1.165) is 0 Å². The molecule has 0 radical (unpaired) electrons. The molecule has 154 valence electrons. The van der Waals surface area contributed by atoms with Crippen molar-refractivity contribution in [3.05, 3.63) is 70.3 Å². The van der Waals surface area contributed by atoms with E-state index in [1.54, 1.807) is 62.4 Å². The number of hydrogen-bond donors (Lipinski definition) is 1. The van der Waals surface area contributed by atoms with Crippen LogP contribution in [0.2, 0.25) is 0 Å². The minimum atomic E-state index is -2.71. The molecule has 0 bridgehead atoms. The van der Waals surface area contributed by atoms with Gasteiger partial charge in [0.05, 0.1) is 35.7 Å². The molecule has 1 N–H and O–H groups in total. The number of nitrogens with zero attached hydrogens (tertiary/aromatic N) is 2. The van der Waals surface area contributed by atoms with E-state index in [-0.39, 0.29) is 24.6 Å². The Morgan fingerprint density at radius 3 is 2.30 bits per heavy atom. The molecule has 2 heterocycles. The second-order valence-electron chi connectivity index (χ2n) is 6.83. The van der Waals surface area contributed by atoms with Crippen molar-refractivity contribution in [2.24, 2.45) is 0 Å². The standard InChI is InChI=1S/C22H20N2O6/c1-3-29-20(26)22(28,21(27)30-4-2)17-14-10-6-8-12-16(14)24-18(17)23-15-11-7-5-9-13(15)19(24)25/h5-12,17,28H,3-4H2,1-2H3. The molecule has 1 aromatic heterocycles. The van der Waals surface area contributed by atoms with Crippen LogP contribution in [0.25, 0.3) is 16.6 Å². The lowest BCUT2D eigenvalue weighted by Gasteiger charge is -2.29. The summed E-state index contributed by atoms with van der Waals surface area (Å²) in [6, 6.07) is 13.5. The van der Waals surface area contributed by atoms with Crippen LogP contribution in [0.5, 0.6) is 0 Å². The lowest BCUT2D eigenvalue weighted by molar-refractivity contribution is -0.185. The van der Waals surface area contributed by atoms with Gasteiger partial charge in [0.15, 0.2) is 0 Å². The first-order chi connectivity index (χ1) is 14.4. The molecule has 0 saturated carbocycles. The van der Waals surface area contributed by atoms with Crippen LogP contribution in [0.3, 0.4) is 0 Å². The number of ether oxygens (including phenoxy) is 2. The summed E-state index contributed by atoms with van der Waals surface area (Å²) in [5.41, 5.74) is -1.83. The van der Waals surface area contributed by atoms with Crippen molar-refractivity contribution in [2.75, 3.05) is 13.2 Å². The van der Waals surface area contributed by atoms with Gasteiger partial charge >= 0.3 is 11.9 Å². The fraction of sp³-hybridized carbons (Fsp3) is 0.273. The monoisotopic (exact) mass is 408 g/mol. The maximum Gasteiger partial charge on any atom is 0.351 e. The van der Waals surface area contributed by atoms with Crippen molar-refractivity contribution in [3.63, 3.8) is 0 Å². The van der Waals surface area contributed by atoms with Gasteiger partial charge in [0.2, 0.25) is 0 Å². The second kappa shape index (κ2) is 7.38. The average Bonchev–Trinajstić information content (AvgIpc) is 3.08. The molecular weight excluding hydrogens is 388 g/mol. The molecule has 1 unspecified atom stereocenters. The summed E-state index contributed by atoms with van der Waals surface area (Å²) in [5.74, 6) is -3.51. The van der Waals surface area contributed by atoms with E-state index in [1.165, 1.54) is 4.57 Å². The molecule has 1 aliphatic rings.